The molecule has 2 N–H and O–H groups in total. The summed E-state index contributed by atoms with van der Waals surface area (Å²) in [4.78, 5) is 20.8. The minimum Gasteiger partial charge on any atom is -0.467 e. The van der Waals surface area contributed by atoms with Gasteiger partial charge >= 0.3 is 0 Å². The second kappa shape index (κ2) is 6.62. The lowest BCUT2D eigenvalue weighted by atomic mass is 10.3. The molecule has 2 rings (SSSR count). The number of rotatable bonds is 6. The minimum atomic E-state index is -0.141. The Bertz CT molecular complexity index is 594. The van der Waals surface area contributed by atoms with Gasteiger partial charge in [0.1, 0.15) is 16.5 Å². The first kappa shape index (κ1) is 15.4. The molecule has 21 heavy (non-hydrogen) atoms. The number of carbonyl (C=O) groups excluding carboxylic acids is 1. The molecule has 0 spiro atoms. The number of nitrogen functional groups attached to an aromatic ring is 1. The molecular formula is C14H20N4O2S. The number of hydrogen-bond acceptors (Lipinski definition) is 6. The van der Waals surface area contributed by atoms with Gasteiger partial charge in [0.25, 0.3) is 5.91 Å². The van der Waals surface area contributed by atoms with E-state index in [4.69, 9.17) is 10.2 Å². The lowest BCUT2D eigenvalue weighted by molar-refractivity contribution is 0.0781. The van der Waals surface area contributed by atoms with Gasteiger partial charge in [-0.3, -0.25) is 4.79 Å². The fourth-order valence-corrected chi connectivity index (χ4v) is 2.92. The van der Waals surface area contributed by atoms with E-state index >= 15 is 0 Å². The fourth-order valence-electron chi connectivity index (χ4n) is 1.95. The molecule has 0 aromatic carbocycles. The van der Waals surface area contributed by atoms with Crippen LogP contribution in [-0.2, 0) is 6.54 Å². The number of nitrogens with zero attached hydrogens (tertiary/aromatic N) is 3. The Hall–Kier alpha value is -2.02. The van der Waals surface area contributed by atoms with Crippen molar-refractivity contribution < 1.29 is 9.21 Å². The summed E-state index contributed by atoms with van der Waals surface area (Å²) in [5.41, 5.74) is 5.89. The first-order valence-electron chi connectivity index (χ1n) is 6.78. The quantitative estimate of drug-likeness (QED) is 0.887. The fraction of sp³-hybridized carbons (Fsp3) is 0.429. The topological polar surface area (TPSA) is 75.6 Å². The van der Waals surface area contributed by atoms with Gasteiger partial charge in [-0.1, -0.05) is 18.3 Å². The molecule has 7 heteroatoms. The normalized spacial score (nSPS) is 10.6. The van der Waals surface area contributed by atoms with Crippen molar-refractivity contribution in [1.82, 2.24) is 9.88 Å². The van der Waals surface area contributed by atoms with Gasteiger partial charge in [-0.05, 0) is 18.6 Å². The number of hydrogen-bond donors (Lipinski definition) is 1. The van der Waals surface area contributed by atoms with Crippen molar-refractivity contribution in [1.29, 1.82) is 0 Å². The lowest BCUT2D eigenvalue weighted by Gasteiger charge is -2.15. The number of furan rings is 1. The Morgan fingerprint density at radius 2 is 2.24 bits per heavy atom. The van der Waals surface area contributed by atoms with Crippen LogP contribution in [0.1, 0.15) is 28.8 Å². The average molecular weight is 308 g/mol. The molecule has 0 aliphatic carbocycles. The van der Waals surface area contributed by atoms with Gasteiger partial charge in [0.15, 0.2) is 5.13 Å². The van der Waals surface area contributed by atoms with E-state index in [9.17, 15) is 4.79 Å². The molecule has 0 fully saturated rings. The van der Waals surface area contributed by atoms with Crippen LogP contribution in [0.15, 0.2) is 22.8 Å². The molecule has 0 radical (unpaired) electrons. The number of nitrogens with two attached hydrogens (primary N) is 1. The van der Waals surface area contributed by atoms with Gasteiger partial charge in [-0.2, -0.15) is 0 Å². The van der Waals surface area contributed by atoms with Gasteiger partial charge in [0, 0.05) is 20.6 Å². The Labute approximate surface area is 128 Å². The summed E-state index contributed by atoms with van der Waals surface area (Å²) >= 11 is 1.32. The van der Waals surface area contributed by atoms with Gasteiger partial charge in [0.05, 0.1) is 12.8 Å². The highest BCUT2D eigenvalue weighted by atomic mass is 32.1. The minimum absolute atomic E-state index is 0.141. The van der Waals surface area contributed by atoms with E-state index in [1.807, 2.05) is 18.0 Å². The van der Waals surface area contributed by atoms with Crippen LogP contribution in [0.3, 0.4) is 0 Å². The van der Waals surface area contributed by atoms with Crippen molar-refractivity contribution in [3.05, 3.63) is 29.0 Å². The van der Waals surface area contributed by atoms with Crippen LogP contribution in [0.4, 0.5) is 10.9 Å². The zero-order chi connectivity index (χ0) is 15.4. The predicted molar refractivity (Wildman–Crippen MR) is 84.6 cm³/mol. The highest BCUT2D eigenvalue weighted by Crippen LogP contribution is 2.28. The Morgan fingerprint density at radius 1 is 1.48 bits per heavy atom. The third-order valence-corrected chi connectivity index (χ3v) is 4.22. The molecule has 0 saturated heterocycles. The highest BCUT2D eigenvalue weighted by molar-refractivity contribution is 7.18. The molecule has 114 valence electrons. The van der Waals surface area contributed by atoms with E-state index in [0.29, 0.717) is 11.4 Å². The maximum absolute atomic E-state index is 12.4. The summed E-state index contributed by atoms with van der Waals surface area (Å²) in [6.07, 6.45) is 2.60. The van der Waals surface area contributed by atoms with Crippen LogP contribution in [0.2, 0.25) is 0 Å². The largest absolute Gasteiger partial charge is 0.467 e. The molecule has 0 bridgehead atoms. The molecule has 0 aliphatic heterocycles. The molecule has 0 atom stereocenters. The summed E-state index contributed by atoms with van der Waals surface area (Å²) < 4.78 is 5.25. The number of amides is 1. The molecular weight excluding hydrogens is 288 g/mol. The van der Waals surface area contributed by atoms with Crippen LogP contribution in [0.5, 0.6) is 0 Å². The van der Waals surface area contributed by atoms with Crippen molar-refractivity contribution in [3.63, 3.8) is 0 Å². The van der Waals surface area contributed by atoms with Crippen molar-refractivity contribution in [2.24, 2.45) is 0 Å². The summed E-state index contributed by atoms with van der Waals surface area (Å²) in [5.74, 6) is 0.879. The molecule has 0 unspecified atom stereocenters. The molecule has 6 nitrogen and oxygen atoms in total. The summed E-state index contributed by atoms with van der Waals surface area (Å²) in [5, 5.41) is 0.768. The van der Waals surface area contributed by atoms with Crippen molar-refractivity contribution in [2.45, 2.75) is 19.9 Å². The van der Waals surface area contributed by atoms with E-state index in [2.05, 4.69) is 11.9 Å². The van der Waals surface area contributed by atoms with E-state index in [-0.39, 0.29) is 11.7 Å². The van der Waals surface area contributed by atoms with Crippen LogP contribution >= 0.6 is 11.3 Å². The van der Waals surface area contributed by atoms with Gasteiger partial charge in [-0.15, -0.1) is 0 Å². The summed E-state index contributed by atoms with van der Waals surface area (Å²) in [7, 11) is 3.67. The average Bonchev–Trinajstić information content (AvgIpc) is 3.07. The zero-order valence-corrected chi connectivity index (χ0v) is 13.3. The van der Waals surface area contributed by atoms with Crippen LogP contribution in [-0.4, -0.2) is 36.4 Å². The third kappa shape index (κ3) is 3.55. The second-order valence-corrected chi connectivity index (χ2v) is 5.85. The summed E-state index contributed by atoms with van der Waals surface area (Å²) in [6.45, 7) is 3.38. The lowest BCUT2D eigenvalue weighted by Crippen LogP contribution is -2.25. The molecule has 0 aliphatic rings. The number of aromatic nitrogens is 1. The summed E-state index contributed by atoms with van der Waals surface area (Å²) in [6, 6.07) is 3.63. The molecule has 0 saturated carbocycles. The van der Waals surface area contributed by atoms with Gasteiger partial charge in [-0.25, -0.2) is 4.98 Å². The number of carbonyl (C=O) groups is 1. The van der Waals surface area contributed by atoms with E-state index in [1.165, 1.54) is 11.3 Å². The maximum atomic E-state index is 12.4. The number of thiazole rings is 1. The van der Waals surface area contributed by atoms with Crippen LogP contribution in [0, 0.1) is 0 Å². The Morgan fingerprint density at radius 3 is 2.86 bits per heavy atom. The van der Waals surface area contributed by atoms with Crippen LogP contribution in [0.25, 0.3) is 0 Å². The Balaban J connectivity index is 2.11. The first-order valence-corrected chi connectivity index (χ1v) is 7.59. The van der Waals surface area contributed by atoms with E-state index in [1.54, 1.807) is 24.3 Å². The van der Waals surface area contributed by atoms with Gasteiger partial charge in [0.2, 0.25) is 0 Å². The zero-order valence-electron chi connectivity index (χ0n) is 12.5. The SMILES string of the molecule is CCCN(C)c1nc(N)c(C(=O)N(C)Cc2ccco2)s1. The third-order valence-electron chi connectivity index (χ3n) is 3.04. The van der Waals surface area contributed by atoms with Crippen molar-refractivity contribution in [3.8, 4) is 0 Å². The van der Waals surface area contributed by atoms with Gasteiger partial charge < -0.3 is 20.0 Å². The van der Waals surface area contributed by atoms with Crippen molar-refractivity contribution >= 4 is 28.2 Å². The maximum Gasteiger partial charge on any atom is 0.268 e. The highest BCUT2D eigenvalue weighted by Gasteiger charge is 2.21. The van der Waals surface area contributed by atoms with E-state index in [0.717, 1.165) is 23.9 Å². The molecule has 2 aromatic rings. The molecule has 1 amide bonds. The monoisotopic (exact) mass is 308 g/mol. The molecule has 2 aromatic heterocycles. The first-order chi connectivity index (χ1) is 10.0. The molecule has 2 heterocycles. The smallest absolute Gasteiger partial charge is 0.268 e. The van der Waals surface area contributed by atoms with Crippen molar-refractivity contribution in [2.75, 3.05) is 31.3 Å². The Kier molecular flexibility index (Phi) is 4.85. The second-order valence-electron chi connectivity index (χ2n) is 4.87. The van der Waals surface area contributed by atoms with E-state index < -0.39 is 0 Å². The predicted octanol–water partition coefficient (Wildman–Crippen LogP) is 2.44. The standard InChI is InChI=1S/C14H20N4O2S/c1-4-7-17(2)14-16-12(15)11(21-14)13(19)18(3)9-10-6-5-8-20-10/h5-6,8H,4,7,9,15H2,1-3H3. The van der Waals surface area contributed by atoms with Crippen LogP contribution < -0.4 is 10.6 Å². The number of anilines is 2.